The first kappa shape index (κ1) is 32.5. The van der Waals surface area contributed by atoms with Crippen molar-refractivity contribution < 1.29 is 14.4 Å². The summed E-state index contributed by atoms with van der Waals surface area (Å²) in [4.78, 5) is 43.2. The van der Waals surface area contributed by atoms with Gasteiger partial charge in [0.1, 0.15) is 5.70 Å². The zero-order valence-electron chi connectivity index (χ0n) is 25.1. The zero-order valence-corrected chi connectivity index (χ0v) is 27.5. The summed E-state index contributed by atoms with van der Waals surface area (Å²) < 4.78 is 0.846. The topological polar surface area (TPSA) is 78.5 Å². The first-order chi connectivity index (χ1) is 22.4. The molecule has 3 amide bonds. The number of hydrogen-bond donors (Lipinski definition) is 2. The fourth-order valence-corrected chi connectivity index (χ4v) is 6.20. The molecule has 0 aliphatic carbocycles. The largest absolute Gasteiger partial charge is 0.321 e. The van der Waals surface area contributed by atoms with E-state index in [0.29, 0.717) is 17.7 Å². The summed E-state index contributed by atoms with van der Waals surface area (Å²) in [6.45, 7) is 1.99. The molecule has 5 aromatic carbocycles. The Balaban J connectivity index is 1.36. The van der Waals surface area contributed by atoms with Crippen LogP contribution in [0.15, 0.2) is 155 Å². The number of para-hydroxylation sites is 2. The van der Waals surface area contributed by atoms with E-state index in [9.17, 15) is 14.4 Å². The Labute approximate surface area is 281 Å². The summed E-state index contributed by atoms with van der Waals surface area (Å²) in [5, 5.41) is 5.32. The minimum atomic E-state index is -0.478. The Kier molecular flexibility index (Phi) is 11.2. The molecule has 1 atom stereocenters. The standard InChI is InChI=1S/C38H32BrN3O3S/c1-2-35(38(45)42(31-19-8-4-9-20-31)32-21-10-5-11-22-32)46-33-23-13-18-30(26-33)40-37(44)34(25-27-14-12-17-29(39)24-27)41-36(43)28-15-6-3-7-16-28/h3-26,35H,2H2,1H3,(H,40,44)(H,41,43)/b34-25+. The first-order valence-corrected chi connectivity index (χ1v) is 16.4. The second kappa shape index (κ2) is 15.9. The third-order valence-electron chi connectivity index (χ3n) is 6.95. The number of benzene rings is 5. The van der Waals surface area contributed by atoms with Crippen molar-refractivity contribution in [3.63, 3.8) is 0 Å². The number of halogens is 1. The van der Waals surface area contributed by atoms with E-state index >= 15 is 0 Å². The molecule has 0 aliphatic heterocycles. The van der Waals surface area contributed by atoms with Gasteiger partial charge in [-0.15, -0.1) is 11.8 Å². The Bertz CT molecular complexity index is 1790. The zero-order chi connectivity index (χ0) is 32.3. The van der Waals surface area contributed by atoms with Crippen LogP contribution in [0.5, 0.6) is 0 Å². The molecular weight excluding hydrogens is 658 g/mol. The number of anilines is 3. The van der Waals surface area contributed by atoms with Crippen LogP contribution in [0.25, 0.3) is 6.08 Å². The number of hydrogen-bond acceptors (Lipinski definition) is 4. The van der Waals surface area contributed by atoms with Gasteiger partial charge in [-0.3, -0.25) is 19.3 Å². The molecule has 6 nitrogen and oxygen atoms in total. The Morgan fingerprint density at radius 1 is 0.761 bits per heavy atom. The van der Waals surface area contributed by atoms with Crippen molar-refractivity contribution in [1.82, 2.24) is 5.32 Å². The van der Waals surface area contributed by atoms with Crippen molar-refractivity contribution in [2.45, 2.75) is 23.5 Å². The summed E-state index contributed by atoms with van der Waals surface area (Å²) in [7, 11) is 0. The van der Waals surface area contributed by atoms with Crippen molar-refractivity contribution in [2.75, 3.05) is 10.2 Å². The van der Waals surface area contributed by atoms with Gasteiger partial charge >= 0.3 is 0 Å². The molecule has 0 aromatic heterocycles. The number of thioether (sulfide) groups is 1. The molecular formula is C38H32BrN3O3S. The quantitative estimate of drug-likeness (QED) is 0.107. The maximum absolute atomic E-state index is 14.0. The molecule has 46 heavy (non-hydrogen) atoms. The summed E-state index contributed by atoms with van der Waals surface area (Å²) >= 11 is 4.91. The normalized spacial score (nSPS) is 11.7. The Morgan fingerprint density at radius 2 is 1.37 bits per heavy atom. The van der Waals surface area contributed by atoms with Gasteiger partial charge in [0.05, 0.1) is 5.25 Å². The lowest BCUT2D eigenvalue weighted by Gasteiger charge is -2.27. The SMILES string of the molecule is CCC(Sc1cccc(NC(=O)/C(=C\c2cccc(Br)c2)NC(=O)c2ccccc2)c1)C(=O)N(c1ccccc1)c1ccccc1. The minimum absolute atomic E-state index is 0.0396. The van der Waals surface area contributed by atoms with E-state index in [1.807, 2.05) is 116 Å². The predicted molar refractivity (Wildman–Crippen MR) is 191 cm³/mol. The van der Waals surface area contributed by atoms with Gasteiger partial charge in [0.2, 0.25) is 5.91 Å². The van der Waals surface area contributed by atoms with E-state index in [1.54, 1.807) is 41.3 Å². The first-order valence-electron chi connectivity index (χ1n) is 14.8. The molecule has 8 heteroatoms. The van der Waals surface area contributed by atoms with Crippen molar-refractivity contribution in [3.8, 4) is 0 Å². The average molecular weight is 691 g/mol. The third-order valence-corrected chi connectivity index (χ3v) is 8.79. The Hall–Kier alpha value is -4.92. The van der Waals surface area contributed by atoms with Crippen molar-refractivity contribution in [2.24, 2.45) is 0 Å². The lowest BCUT2D eigenvalue weighted by Crippen LogP contribution is -2.34. The maximum Gasteiger partial charge on any atom is 0.272 e. The lowest BCUT2D eigenvalue weighted by atomic mass is 10.1. The van der Waals surface area contributed by atoms with Crippen LogP contribution in [0.3, 0.4) is 0 Å². The van der Waals surface area contributed by atoms with Crippen LogP contribution in [-0.2, 0) is 9.59 Å². The molecule has 5 aromatic rings. The van der Waals surface area contributed by atoms with Gasteiger partial charge in [-0.1, -0.05) is 95.7 Å². The van der Waals surface area contributed by atoms with Gasteiger partial charge in [-0.25, -0.2) is 0 Å². The molecule has 0 heterocycles. The molecule has 5 rings (SSSR count). The molecule has 0 aliphatic rings. The third kappa shape index (κ3) is 8.62. The number of nitrogens with zero attached hydrogens (tertiary/aromatic N) is 1. The van der Waals surface area contributed by atoms with E-state index in [-0.39, 0.29) is 16.9 Å². The van der Waals surface area contributed by atoms with Gasteiger partial charge in [0.15, 0.2) is 0 Å². The van der Waals surface area contributed by atoms with Crippen molar-refractivity contribution >= 4 is 68.6 Å². The number of carbonyl (C=O) groups excluding carboxylic acids is 3. The maximum atomic E-state index is 14.0. The highest BCUT2D eigenvalue weighted by atomic mass is 79.9. The van der Waals surface area contributed by atoms with Crippen molar-refractivity contribution in [1.29, 1.82) is 0 Å². The predicted octanol–water partition coefficient (Wildman–Crippen LogP) is 9.09. The van der Waals surface area contributed by atoms with Crippen LogP contribution in [-0.4, -0.2) is 23.0 Å². The van der Waals surface area contributed by atoms with Crippen molar-refractivity contribution in [3.05, 3.63) is 161 Å². The molecule has 0 radical (unpaired) electrons. The summed E-state index contributed by atoms with van der Waals surface area (Å²) in [6.07, 6.45) is 2.23. The lowest BCUT2D eigenvalue weighted by molar-refractivity contribution is -0.117. The monoisotopic (exact) mass is 689 g/mol. The van der Waals surface area contributed by atoms with Gasteiger partial charge in [-0.05, 0) is 84.8 Å². The summed E-state index contributed by atoms with van der Waals surface area (Å²) in [6, 6.07) is 42.8. The summed E-state index contributed by atoms with van der Waals surface area (Å²) in [5.74, 6) is -0.914. The van der Waals surface area contributed by atoms with E-state index in [4.69, 9.17) is 0 Å². The smallest absolute Gasteiger partial charge is 0.272 e. The minimum Gasteiger partial charge on any atom is -0.321 e. The summed E-state index contributed by atoms with van der Waals surface area (Å²) in [5.41, 5.74) is 3.39. The molecule has 0 fully saturated rings. The van der Waals surface area contributed by atoms with Crippen LogP contribution in [0, 0.1) is 0 Å². The van der Waals surface area contributed by atoms with E-state index in [0.717, 1.165) is 26.3 Å². The van der Waals surface area contributed by atoms with Crippen LogP contribution in [0.2, 0.25) is 0 Å². The molecule has 2 N–H and O–H groups in total. The van der Waals surface area contributed by atoms with E-state index in [1.165, 1.54) is 11.8 Å². The number of amides is 3. The number of rotatable bonds is 11. The van der Waals surface area contributed by atoms with Crippen LogP contribution >= 0.6 is 27.7 Å². The molecule has 0 spiro atoms. The highest BCUT2D eigenvalue weighted by molar-refractivity contribution is 9.10. The van der Waals surface area contributed by atoms with E-state index in [2.05, 4.69) is 26.6 Å². The highest BCUT2D eigenvalue weighted by Gasteiger charge is 2.27. The van der Waals surface area contributed by atoms with Gasteiger partial charge in [0, 0.05) is 32.0 Å². The van der Waals surface area contributed by atoms with Crippen LogP contribution in [0.1, 0.15) is 29.3 Å². The number of nitrogens with one attached hydrogen (secondary N) is 2. The second-order valence-electron chi connectivity index (χ2n) is 10.3. The van der Waals surface area contributed by atoms with Gasteiger partial charge in [-0.2, -0.15) is 0 Å². The Morgan fingerprint density at radius 3 is 1.98 bits per heavy atom. The molecule has 0 bridgehead atoms. The fourth-order valence-electron chi connectivity index (χ4n) is 4.73. The highest BCUT2D eigenvalue weighted by Crippen LogP contribution is 2.33. The molecule has 0 saturated carbocycles. The second-order valence-corrected chi connectivity index (χ2v) is 12.5. The van der Waals surface area contributed by atoms with Crippen LogP contribution in [0.4, 0.5) is 17.1 Å². The number of carbonyl (C=O) groups is 3. The van der Waals surface area contributed by atoms with Gasteiger partial charge < -0.3 is 10.6 Å². The molecule has 1 unspecified atom stereocenters. The molecule has 230 valence electrons. The average Bonchev–Trinajstić information content (AvgIpc) is 3.08. The van der Waals surface area contributed by atoms with Gasteiger partial charge in [0.25, 0.3) is 11.8 Å². The van der Waals surface area contributed by atoms with Crippen LogP contribution < -0.4 is 15.5 Å². The van der Waals surface area contributed by atoms with E-state index < -0.39 is 11.8 Å². The fraction of sp³-hybridized carbons (Fsp3) is 0.0789. The molecule has 0 saturated heterocycles.